The van der Waals surface area contributed by atoms with Gasteiger partial charge in [-0.25, -0.2) is 9.67 Å². The Kier molecular flexibility index (Phi) is 2.94. The van der Waals surface area contributed by atoms with E-state index in [1.54, 1.807) is 10.7 Å². The highest BCUT2D eigenvalue weighted by Gasteiger charge is 2.25. The summed E-state index contributed by atoms with van der Waals surface area (Å²) < 4.78 is 7.74. The second kappa shape index (κ2) is 5.47. The summed E-state index contributed by atoms with van der Waals surface area (Å²) in [6.07, 6.45) is 0. The van der Waals surface area contributed by atoms with Crippen molar-refractivity contribution in [1.29, 1.82) is 0 Å². The van der Waals surface area contributed by atoms with Gasteiger partial charge in [0.1, 0.15) is 16.7 Å². The van der Waals surface area contributed by atoms with Crippen LogP contribution in [0.25, 0.3) is 50.0 Å². The predicted octanol–water partition coefficient (Wildman–Crippen LogP) is 4.18. The summed E-state index contributed by atoms with van der Waals surface area (Å²) in [5, 5.41) is 9.77. The molecular formula is C22H12N4O2. The molecule has 0 fully saturated rings. The van der Waals surface area contributed by atoms with Gasteiger partial charge >= 0.3 is 0 Å². The smallest absolute Gasteiger partial charge is 0.216 e. The largest absolute Gasteiger partial charge is 0.450 e. The van der Waals surface area contributed by atoms with Gasteiger partial charge in [-0.3, -0.25) is 4.79 Å². The Morgan fingerprint density at radius 1 is 0.786 bits per heavy atom. The van der Waals surface area contributed by atoms with Gasteiger partial charge < -0.3 is 4.42 Å². The van der Waals surface area contributed by atoms with Gasteiger partial charge in [0, 0.05) is 10.8 Å². The number of nitrogens with zero attached hydrogens (tertiary/aromatic N) is 4. The van der Waals surface area contributed by atoms with E-state index in [9.17, 15) is 4.79 Å². The minimum absolute atomic E-state index is 0.167. The van der Waals surface area contributed by atoms with E-state index in [0.29, 0.717) is 33.6 Å². The van der Waals surface area contributed by atoms with Gasteiger partial charge in [-0.2, -0.15) is 0 Å². The number of fused-ring (bicyclic) bond motifs is 5. The summed E-state index contributed by atoms with van der Waals surface area (Å²) in [6, 6.07) is 22.5. The van der Waals surface area contributed by atoms with Gasteiger partial charge in [0.2, 0.25) is 5.43 Å². The molecule has 0 spiro atoms. The van der Waals surface area contributed by atoms with Crippen LogP contribution < -0.4 is 5.43 Å². The van der Waals surface area contributed by atoms with Gasteiger partial charge in [-0.05, 0) is 24.3 Å². The van der Waals surface area contributed by atoms with E-state index in [2.05, 4.69) is 10.3 Å². The molecule has 0 bridgehead atoms. The van der Waals surface area contributed by atoms with Crippen LogP contribution in [0.3, 0.4) is 0 Å². The first kappa shape index (κ1) is 15.0. The average Bonchev–Trinajstić information content (AvgIpc) is 3.17. The van der Waals surface area contributed by atoms with Crippen molar-refractivity contribution in [2.45, 2.75) is 0 Å². The van der Waals surface area contributed by atoms with Gasteiger partial charge in [0.25, 0.3) is 0 Å². The normalized spacial score (nSPS) is 11.7. The molecule has 0 unspecified atom stereocenters. The van der Waals surface area contributed by atoms with Gasteiger partial charge in [0.05, 0.1) is 5.52 Å². The number of para-hydroxylation sites is 3. The lowest BCUT2D eigenvalue weighted by molar-refractivity contribution is 0.605. The molecule has 1 aliphatic carbocycles. The summed E-state index contributed by atoms with van der Waals surface area (Å²) in [5.41, 5.74) is 3.56. The molecule has 2 heterocycles. The Balaban J connectivity index is 1.87. The molecule has 1 aromatic heterocycles. The predicted molar refractivity (Wildman–Crippen MR) is 107 cm³/mol. The maximum atomic E-state index is 13.4. The van der Waals surface area contributed by atoms with Crippen molar-refractivity contribution >= 4 is 32.9 Å². The number of hydrogen-bond acceptors (Lipinski definition) is 5. The molecule has 0 N–H and O–H groups in total. The lowest BCUT2D eigenvalue weighted by Gasteiger charge is -2.14. The zero-order valence-electron chi connectivity index (χ0n) is 14.5. The summed E-state index contributed by atoms with van der Waals surface area (Å²) in [5.74, 6) is 0.401. The molecule has 2 aliphatic rings. The maximum absolute atomic E-state index is 13.4. The molecule has 28 heavy (non-hydrogen) atoms. The lowest BCUT2D eigenvalue weighted by Crippen LogP contribution is -2.16. The van der Waals surface area contributed by atoms with E-state index in [1.165, 1.54) is 0 Å². The average molecular weight is 364 g/mol. The zero-order valence-corrected chi connectivity index (χ0v) is 14.5. The topological polar surface area (TPSA) is 73.8 Å². The van der Waals surface area contributed by atoms with Crippen LogP contribution in [0.4, 0.5) is 0 Å². The Morgan fingerprint density at radius 3 is 2.39 bits per heavy atom. The third-order valence-electron chi connectivity index (χ3n) is 4.95. The molecule has 0 atom stereocenters. The van der Waals surface area contributed by atoms with Crippen LogP contribution >= 0.6 is 0 Å². The molecular weight excluding hydrogens is 352 g/mol. The van der Waals surface area contributed by atoms with E-state index in [-0.39, 0.29) is 5.43 Å². The van der Waals surface area contributed by atoms with Crippen LogP contribution in [0.15, 0.2) is 82.0 Å². The first-order valence-corrected chi connectivity index (χ1v) is 8.86. The van der Waals surface area contributed by atoms with Crippen molar-refractivity contribution in [1.82, 2.24) is 20.0 Å². The summed E-state index contributed by atoms with van der Waals surface area (Å²) in [4.78, 5) is 18.2. The van der Waals surface area contributed by atoms with Gasteiger partial charge in [-0.15, -0.1) is 5.10 Å². The molecule has 6 rings (SSSR count). The molecule has 0 amide bonds. The van der Waals surface area contributed by atoms with E-state index in [1.807, 2.05) is 66.7 Å². The van der Waals surface area contributed by atoms with Crippen LogP contribution in [-0.4, -0.2) is 20.0 Å². The molecule has 4 aromatic rings. The summed E-state index contributed by atoms with van der Waals surface area (Å²) >= 11 is 0. The van der Waals surface area contributed by atoms with E-state index < -0.39 is 0 Å². The molecule has 6 heteroatoms. The fourth-order valence-electron chi connectivity index (χ4n) is 3.65. The Morgan fingerprint density at radius 2 is 1.50 bits per heavy atom. The molecule has 3 aromatic carbocycles. The molecule has 0 saturated carbocycles. The van der Waals surface area contributed by atoms with Crippen molar-refractivity contribution < 1.29 is 4.42 Å². The second-order valence-corrected chi connectivity index (χ2v) is 6.57. The quantitative estimate of drug-likeness (QED) is 0.323. The lowest BCUT2D eigenvalue weighted by atomic mass is 10.0. The minimum atomic E-state index is -0.167. The summed E-state index contributed by atoms with van der Waals surface area (Å²) in [6.45, 7) is 0. The third kappa shape index (κ3) is 1.97. The number of aromatic nitrogens is 4. The third-order valence-corrected chi connectivity index (χ3v) is 4.95. The number of rotatable bonds is 1. The van der Waals surface area contributed by atoms with Crippen LogP contribution in [0.1, 0.15) is 0 Å². The van der Waals surface area contributed by atoms with Crippen LogP contribution in [0.5, 0.6) is 0 Å². The highest BCUT2D eigenvalue weighted by Crippen LogP contribution is 2.34. The Bertz CT molecular complexity index is 1550. The summed E-state index contributed by atoms with van der Waals surface area (Å²) in [7, 11) is 0. The highest BCUT2D eigenvalue weighted by atomic mass is 16.3. The van der Waals surface area contributed by atoms with Crippen molar-refractivity contribution in [3.05, 3.63) is 83.0 Å². The van der Waals surface area contributed by atoms with Crippen LogP contribution in [0.2, 0.25) is 0 Å². The van der Waals surface area contributed by atoms with Crippen molar-refractivity contribution in [2.75, 3.05) is 0 Å². The molecule has 0 radical (unpaired) electrons. The zero-order chi connectivity index (χ0) is 18.7. The Labute approximate surface area is 158 Å². The van der Waals surface area contributed by atoms with E-state index in [4.69, 9.17) is 9.40 Å². The number of benzene rings is 4. The molecule has 6 nitrogen and oxygen atoms in total. The monoisotopic (exact) mass is 364 g/mol. The minimum Gasteiger partial charge on any atom is -0.450 e. The Hall–Kier alpha value is -4.06. The van der Waals surface area contributed by atoms with Crippen molar-refractivity contribution in [3.8, 4) is 17.1 Å². The van der Waals surface area contributed by atoms with Gasteiger partial charge in [0.15, 0.2) is 17.0 Å². The SMILES string of the molecule is O=c1c(-n2nnc3ccccc32)c2oc3ccccc3nc-2c2ccccc12. The fraction of sp³-hybridized carbons (Fsp3) is 0. The van der Waals surface area contributed by atoms with Crippen molar-refractivity contribution in [3.63, 3.8) is 0 Å². The maximum Gasteiger partial charge on any atom is 0.216 e. The first-order chi connectivity index (χ1) is 13.8. The molecule has 1 aliphatic heterocycles. The first-order valence-electron chi connectivity index (χ1n) is 8.86. The number of hydrogen-bond donors (Lipinski definition) is 0. The standard InChI is InChI=1S/C22H12N4O2/c27-21-14-8-2-1-7-13(14)19-22(28-18-12-6-4-10-16(18)23-19)20(21)26-17-11-5-3-9-15(17)24-25-26/h1-12H. The molecule has 0 saturated heterocycles. The van der Waals surface area contributed by atoms with Crippen LogP contribution in [-0.2, 0) is 0 Å². The van der Waals surface area contributed by atoms with Crippen molar-refractivity contribution in [2.24, 2.45) is 0 Å². The van der Waals surface area contributed by atoms with Gasteiger partial charge in [-0.1, -0.05) is 53.7 Å². The fourth-order valence-corrected chi connectivity index (χ4v) is 3.65. The molecule has 132 valence electrons. The second-order valence-electron chi connectivity index (χ2n) is 6.57. The highest BCUT2D eigenvalue weighted by molar-refractivity contribution is 6.00. The van der Waals surface area contributed by atoms with Crippen LogP contribution in [0, 0.1) is 0 Å². The van der Waals surface area contributed by atoms with E-state index >= 15 is 0 Å². The van der Waals surface area contributed by atoms with E-state index in [0.717, 1.165) is 16.4 Å².